The van der Waals surface area contributed by atoms with Gasteiger partial charge in [0.15, 0.2) is 0 Å². The maximum atomic E-state index is 6.06. The largest absolute Gasteiger partial charge is 0.376 e. The molecule has 0 aliphatic heterocycles. The zero-order valence-electron chi connectivity index (χ0n) is 12.9. The first kappa shape index (κ1) is 14.5. The molecule has 1 aromatic heterocycles. The second kappa shape index (κ2) is 6.54. The van der Waals surface area contributed by atoms with E-state index in [0.29, 0.717) is 5.92 Å². The molecular weight excluding hydrogens is 260 g/mol. The Balaban J connectivity index is 1.93. The van der Waals surface area contributed by atoms with Crippen LogP contribution < -0.4 is 5.32 Å². The highest BCUT2D eigenvalue weighted by Crippen LogP contribution is 2.40. The van der Waals surface area contributed by atoms with E-state index in [0.717, 1.165) is 18.7 Å². The van der Waals surface area contributed by atoms with Crippen LogP contribution in [0.2, 0.25) is 0 Å². The number of nitrogens with one attached hydrogen (secondary N) is 1. The molecule has 0 radical (unpaired) electrons. The van der Waals surface area contributed by atoms with E-state index >= 15 is 0 Å². The van der Waals surface area contributed by atoms with Crippen molar-refractivity contribution < 1.29 is 4.74 Å². The van der Waals surface area contributed by atoms with Crippen molar-refractivity contribution >= 4 is 10.9 Å². The normalized spacial score (nSPS) is 17.8. The molecule has 0 spiro atoms. The maximum absolute atomic E-state index is 6.06. The fourth-order valence-corrected chi connectivity index (χ4v) is 3.02. The Labute approximate surface area is 126 Å². The first-order valence-corrected chi connectivity index (χ1v) is 8.03. The summed E-state index contributed by atoms with van der Waals surface area (Å²) in [6.45, 7) is 5.94. The summed E-state index contributed by atoms with van der Waals surface area (Å²) in [6.07, 6.45) is 4.84. The molecule has 0 saturated heterocycles. The first-order valence-electron chi connectivity index (χ1n) is 8.03. The lowest BCUT2D eigenvalue weighted by molar-refractivity contribution is 0.0189. The number of hydrogen-bond donors (Lipinski definition) is 1. The Kier molecular flexibility index (Phi) is 4.51. The van der Waals surface area contributed by atoms with Gasteiger partial charge in [-0.1, -0.05) is 25.1 Å². The van der Waals surface area contributed by atoms with Crippen LogP contribution in [0, 0.1) is 5.92 Å². The molecule has 112 valence electrons. The number of rotatable bonds is 7. The summed E-state index contributed by atoms with van der Waals surface area (Å²) in [4.78, 5) is 4.61. The molecule has 1 heterocycles. The molecule has 1 aliphatic carbocycles. The summed E-state index contributed by atoms with van der Waals surface area (Å²) in [7, 11) is 0. The van der Waals surface area contributed by atoms with Gasteiger partial charge in [-0.3, -0.25) is 4.98 Å². The van der Waals surface area contributed by atoms with Crippen LogP contribution in [0.5, 0.6) is 0 Å². The SMILES string of the molecule is CCNC(c1cnc2ccccc2c1)C(OCC)C1CC1. The molecule has 1 fully saturated rings. The molecule has 2 aromatic rings. The van der Waals surface area contributed by atoms with Gasteiger partial charge in [0.05, 0.1) is 17.7 Å². The summed E-state index contributed by atoms with van der Waals surface area (Å²) in [5, 5.41) is 4.80. The van der Waals surface area contributed by atoms with Crippen LogP contribution >= 0.6 is 0 Å². The van der Waals surface area contributed by atoms with Crippen molar-refractivity contribution in [3.05, 3.63) is 42.1 Å². The minimum absolute atomic E-state index is 0.236. The quantitative estimate of drug-likeness (QED) is 0.842. The molecule has 1 N–H and O–H groups in total. The van der Waals surface area contributed by atoms with Gasteiger partial charge in [0.1, 0.15) is 0 Å². The van der Waals surface area contributed by atoms with E-state index in [4.69, 9.17) is 4.74 Å². The molecule has 21 heavy (non-hydrogen) atoms. The van der Waals surface area contributed by atoms with E-state index in [1.807, 2.05) is 12.3 Å². The van der Waals surface area contributed by atoms with Crippen LogP contribution in [0.4, 0.5) is 0 Å². The minimum Gasteiger partial charge on any atom is -0.376 e. The second-order valence-electron chi connectivity index (χ2n) is 5.75. The number of nitrogens with zero attached hydrogens (tertiary/aromatic N) is 1. The minimum atomic E-state index is 0.236. The Morgan fingerprint density at radius 1 is 1.29 bits per heavy atom. The molecule has 3 heteroatoms. The fourth-order valence-electron chi connectivity index (χ4n) is 3.02. The Morgan fingerprint density at radius 3 is 2.81 bits per heavy atom. The number of benzene rings is 1. The van der Waals surface area contributed by atoms with Crippen molar-refractivity contribution in [2.75, 3.05) is 13.2 Å². The van der Waals surface area contributed by atoms with Crippen molar-refractivity contribution in [3.63, 3.8) is 0 Å². The van der Waals surface area contributed by atoms with Gasteiger partial charge < -0.3 is 10.1 Å². The van der Waals surface area contributed by atoms with E-state index in [9.17, 15) is 0 Å². The highest BCUT2D eigenvalue weighted by molar-refractivity contribution is 5.78. The highest BCUT2D eigenvalue weighted by atomic mass is 16.5. The lowest BCUT2D eigenvalue weighted by Gasteiger charge is -2.28. The number of hydrogen-bond acceptors (Lipinski definition) is 3. The molecule has 0 bridgehead atoms. The van der Waals surface area contributed by atoms with Crippen LogP contribution in [-0.2, 0) is 4.74 Å². The molecule has 3 nitrogen and oxygen atoms in total. The Bertz CT molecular complexity index is 595. The lowest BCUT2D eigenvalue weighted by Crippen LogP contribution is -2.35. The van der Waals surface area contributed by atoms with Gasteiger partial charge in [-0.25, -0.2) is 0 Å². The second-order valence-corrected chi connectivity index (χ2v) is 5.75. The van der Waals surface area contributed by atoms with Gasteiger partial charge in [-0.15, -0.1) is 0 Å². The topological polar surface area (TPSA) is 34.2 Å². The standard InChI is InChI=1S/C18H24N2O/c1-3-19-17(18(21-4-2)13-9-10-13)15-11-14-7-5-6-8-16(14)20-12-15/h5-8,11-13,17-19H,3-4,9-10H2,1-2H3. The van der Waals surface area contributed by atoms with Gasteiger partial charge in [-0.05, 0) is 49.9 Å². The summed E-state index contributed by atoms with van der Waals surface area (Å²) in [6, 6.07) is 10.8. The third-order valence-electron chi connectivity index (χ3n) is 4.17. The maximum Gasteiger partial charge on any atom is 0.0798 e. The summed E-state index contributed by atoms with van der Waals surface area (Å²) >= 11 is 0. The van der Waals surface area contributed by atoms with Crippen molar-refractivity contribution in [2.45, 2.75) is 38.8 Å². The smallest absolute Gasteiger partial charge is 0.0798 e. The number of pyridine rings is 1. The van der Waals surface area contributed by atoms with Crippen LogP contribution in [0.1, 0.15) is 38.3 Å². The predicted molar refractivity (Wildman–Crippen MR) is 86.3 cm³/mol. The number of para-hydroxylation sites is 1. The van der Waals surface area contributed by atoms with Crippen molar-refractivity contribution in [3.8, 4) is 0 Å². The van der Waals surface area contributed by atoms with Crippen LogP contribution in [0.25, 0.3) is 10.9 Å². The average molecular weight is 284 g/mol. The third kappa shape index (κ3) is 3.25. The van der Waals surface area contributed by atoms with Crippen molar-refractivity contribution in [1.29, 1.82) is 0 Å². The zero-order chi connectivity index (χ0) is 14.7. The van der Waals surface area contributed by atoms with Crippen molar-refractivity contribution in [2.24, 2.45) is 5.92 Å². The van der Waals surface area contributed by atoms with Gasteiger partial charge in [0.25, 0.3) is 0 Å². The summed E-state index contributed by atoms with van der Waals surface area (Å²) in [5.74, 6) is 0.695. The summed E-state index contributed by atoms with van der Waals surface area (Å²) in [5.41, 5.74) is 2.29. The van der Waals surface area contributed by atoms with E-state index in [-0.39, 0.29) is 12.1 Å². The van der Waals surface area contributed by atoms with Crippen LogP contribution in [0.15, 0.2) is 36.5 Å². The molecule has 2 unspecified atom stereocenters. The number of ether oxygens (including phenoxy) is 1. The highest BCUT2D eigenvalue weighted by Gasteiger charge is 2.37. The van der Waals surface area contributed by atoms with E-state index in [2.05, 4.69) is 48.4 Å². The first-order chi connectivity index (χ1) is 10.3. The van der Waals surface area contributed by atoms with Gasteiger partial charge in [0, 0.05) is 18.2 Å². The fraction of sp³-hybridized carbons (Fsp3) is 0.500. The summed E-state index contributed by atoms with van der Waals surface area (Å²) < 4.78 is 6.06. The van der Waals surface area contributed by atoms with Gasteiger partial charge in [0.2, 0.25) is 0 Å². The Morgan fingerprint density at radius 2 is 2.10 bits per heavy atom. The molecule has 1 saturated carbocycles. The van der Waals surface area contributed by atoms with Crippen LogP contribution in [0.3, 0.4) is 0 Å². The number of likely N-dealkylation sites (N-methyl/N-ethyl adjacent to an activating group) is 1. The predicted octanol–water partition coefficient (Wildman–Crippen LogP) is 3.70. The molecule has 1 aromatic carbocycles. The number of fused-ring (bicyclic) bond motifs is 1. The zero-order valence-corrected chi connectivity index (χ0v) is 12.9. The lowest BCUT2D eigenvalue weighted by atomic mass is 9.98. The van der Waals surface area contributed by atoms with E-state index in [1.165, 1.54) is 23.8 Å². The molecule has 1 aliphatic rings. The molecular formula is C18H24N2O. The van der Waals surface area contributed by atoms with Gasteiger partial charge >= 0.3 is 0 Å². The molecule has 2 atom stereocenters. The molecule has 3 rings (SSSR count). The number of aromatic nitrogens is 1. The van der Waals surface area contributed by atoms with Crippen molar-refractivity contribution in [1.82, 2.24) is 10.3 Å². The average Bonchev–Trinajstić information content (AvgIpc) is 3.35. The van der Waals surface area contributed by atoms with E-state index in [1.54, 1.807) is 0 Å². The van der Waals surface area contributed by atoms with Gasteiger partial charge in [-0.2, -0.15) is 0 Å². The Hall–Kier alpha value is -1.45. The molecule has 0 amide bonds. The monoisotopic (exact) mass is 284 g/mol. The third-order valence-corrected chi connectivity index (χ3v) is 4.17. The van der Waals surface area contributed by atoms with Crippen LogP contribution in [-0.4, -0.2) is 24.2 Å². The van der Waals surface area contributed by atoms with E-state index < -0.39 is 0 Å².